The molecule has 0 spiro atoms. The largest absolute Gasteiger partial charge is 0.484 e. The van der Waals surface area contributed by atoms with Crippen LogP contribution in [-0.4, -0.2) is 75.6 Å². The lowest BCUT2D eigenvalue weighted by atomic mass is 10.1. The van der Waals surface area contributed by atoms with Crippen LogP contribution in [0.2, 0.25) is 0 Å². The van der Waals surface area contributed by atoms with Crippen molar-refractivity contribution in [3.8, 4) is 11.4 Å². The average molecular weight is 333 g/mol. The van der Waals surface area contributed by atoms with E-state index >= 15 is 0 Å². The van der Waals surface area contributed by atoms with E-state index in [9.17, 15) is 9.90 Å². The summed E-state index contributed by atoms with van der Waals surface area (Å²) in [4.78, 5) is 14.0. The van der Waals surface area contributed by atoms with Crippen molar-refractivity contribution in [1.82, 2.24) is 25.1 Å². The summed E-state index contributed by atoms with van der Waals surface area (Å²) < 4.78 is 12.5. The van der Waals surface area contributed by atoms with Crippen LogP contribution in [0.4, 0.5) is 0 Å². The minimum absolute atomic E-state index is 0.00137. The normalized spacial score (nSPS) is 18.2. The number of rotatable bonds is 5. The third kappa shape index (κ3) is 4.06. The van der Waals surface area contributed by atoms with E-state index in [1.165, 1.54) is 11.0 Å². The third-order valence-corrected chi connectivity index (χ3v) is 3.74. The molecular weight excluding hydrogens is 314 g/mol. The van der Waals surface area contributed by atoms with Gasteiger partial charge < -0.3 is 19.5 Å². The third-order valence-electron chi connectivity index (χ3n) is 3.74. The number of carbonyl (C=O) groups excluding carboxylic acids is 1. The number of aromatic nitrogens is 4. The van der Waals surface area contributed by atoms with Crippen LogP contribution in [0, 0.1) is 5.92 Å². The van der Waals surface area contributed by atoms with Gasteiger partial charge in [-0.3, -0.25) is 4.79 Å². The zero-order valence-electron chi connectivity index (χ0n) is 13.1. The van der Waals surface area contributed by atoms with E-state index in [4.69, 9.17) is 9.47 Å². The Kier molecular flexibility index (Phi) is 5.34. The Labute approximate surface area is 138 Å². The number of amides is 1. The summed E-state index contributed by atoms with van der Waals surface area (Å²) in [6.45, 7) is 1.84. The first-order chi connectivity index (χ1) is 11.8. The van der Waals surface area contributed by atoms with E-state index < -0.39 is 0 Å². The van der Waals surface area contributed by atoms with Crippen molar-refractivity contribution in [2.45, 2.75) is 0 Å². The molecule has 9 heteroatoms. The van der Waals surface area contributed by atoms with E-state index in [1.54, 1.807) is 23.1 Å². The Hall–Kier alpha value is -2.52. The van der Waals surface area contributed by atoms with Gasteiger partial charge in [0.05, 0.1) is 18.9 Å². The number of aliphatic hydroxyl groups is 1. The van der Waals surface area contributed by atoms with E-state index in [2.05, 4.69) is 15.5 Å². The van der Waals surface area contributed by atoms with Crippen LogP contribution in [-0.2, 0) is 9.53 Å². The fourth-order valence-corrected chi connectivity index (χ4v) is 2.45. The lowest BCUT2D eigenvalue weighted by Gasteiger charge is -2.22. The molecule has 0 aliphatic carbocycles. The number of tetrazole rings is 1. The Morgan fingerprint density at radius 3 is 3.17 bits per heavy atom. The van der Waals surface area contributed by atoms with Gasteiger partial charge in [-0.25, -0.2) is 4.68 Å². The molecule has 128 valence electrons. The molecule has 1 amide bonds. The molecule has 9 nitrogen and oxygen atoms in total. The van der Waals surface area contributed by atoms with Gasteiger partial charge in [-0.1, -0.05) is 6.07 Å². The maximum atomic E-state index is 12.3. The van der Waals surface area contributed by atoms with E-state index in [0.29, 0.717) is 32.1 Å². The summed E-state index contributed by atoms with van der Waals surface area (Å²) in [6.07, 6.45) is 1.48. The highest BCUT2D eigenvalue weighted by atomic mass is 16.5. The molecule has 0 bridgehead atoms. The molecule has 1 fully saturated rings. The maximum Gasteiger partial charge on any atom is 0.260 e. The maximum absolute atomic E-state index is 12.3. The summed E-state index contributed by atoms with van der Waals surface area (Å²) in [5.41, 5.74) is 0.744. The molecule has 1 atom stereocenters. The van der Waals surface area contributed by atoms with Crippen LogP contribution in [0.5, 0.6) is 5.75 Å². The highest BCUT2D eigenvalue weighted by Crippen LogP contribution is 2.16. The molecule has 2 aromatic rings. The van der Waals surface area contributed by atoms with Gasteiger partial charge in [-0.2, -0.15) is 0 Å². The zero-order chi connectivity index (χ0) is 16.8. The highest BCUT2D eigenvalue weighted by Gasteiger charge is 2.22. The summed E-state index contributed by atoms with van der Waals surface area (Å²) in [5, 5.41) is 20.3. The van der Waals surface area contributed by atoms with Crippen molar-refractivity contribution >= 4 is 5.91 Å². The molecule has 1 aromatic carbocycles. The lowest BCUT2D eigenvalue weighted by Crippen LogP contribution is -2.39. The van der Waals surface area contributed by atoms with Crippen LogP contribution >= 0.6 is 0 Å². The van der Waals surface area contributed by atoms with Gasteiger partial charge in [0, 0.05) is 31.7 Å². The first-order valence-electron chi connectivity index (χ1n) is 7.69. The molecule has 1 N–H and O–H groups in total. The predicted octanol–water partition coefficient (Wildman–Crippen LogP) is -0.492. The monoisotopic (exact) mass is 333 g/mol. The Morgan fingerprint density at radius 1 is 1.46 bits per heavy atom. The summed E-state index contributed by atoms with van der Waals surface area (Å²) in [6, 6.07) is 7.16. The quantitative estimate of drug-likeness (QED) is 0.787. The van der Waals surface area contributed by atoms with Crippen molar-refractivity contribution in [1.29, 1.82) is 0 Å². The molecular formula is C15H19N5O4. The molecule has 0 saturated carbocycles. The van der Waals surface area contributed by atoms with Gasteiger partial charge >= 0.3 is 0 Å². The smallest absolute Gasteiger partial charge is 0.260 e. The molecule has 1 aromatic heterocycles. The van der Waals surface area contributed by atoms with Crippen LogP contribution in [0.15, 0.2) is 30.6 Å². The second kappa shape index (κ2) is 7.84. The molecule has 1 aliphatic rings. The van der Waals surface area contributed by atoms with Crippen LogP contribution in [0.3, 0.4) is 0 Å². The SMILES string of the molecule is O=C(COc1cccc(-n2cnnn2)c1)N1CCOCC(CO)C1. The number of hydrogen-bond donors (Lipinski definition) is 1. The topological polar surface area (TPSA) is 103 Å². The molecule has 0 radical (unpaired) electrons. The summed E-state index contributed by atoms with van der Waals surface area (Å²) in [5.74, 6) is 0.368. The average Bonchev–Trinajstić information content (AvgIpc) is 3.05. The molecule has 24 heavy (non-hydrogen) atoms. The van der Waals surface area contributed by atoms with Gasteiger partial charge in [-0.05, 0) is 22.6 Å². The van der Waals surface area contributed by atoms with Gasteiger partial charge in [0.2, 0.25) is 0 Å². The second-order valence-electron chi connectivity index (χ2n) is 5.50. The van der Waals surface area contributed by atoms with Gasteiger partial charge in [0.15, 0.2) is 6.61 Å². The first-order valence-corrected chi connectivity index (χ1v) is 7.69. The fraction of sp³-hybridized carbons (Fsp3) is 0.467. The number of carbonyl (C=O) groups is 1. The number of hydrogen-bond acceptors (Lipinski definition) is 7. The van der Waals surface area contributed by atoms with Gasteiger partial charge in [0.25, 0.3) is 5.91 Å². The van der Waals surface area contributed by atoms with E-state index in [0.717, 1.165) is 5.69 Å². The number of benzene rings is 1. The second-order valence-corrected chi connectivity index (χ2v) is 5.50. The fourth-order valence-electron chi connectivity index (χ4n) is 2.45. The Balaban J connectivity index is 1.59. The van der Waals surface area contributed by atoms with Crippen molar-refractivity contribution in [2.75, 3.05) is 39.5 Å². The van der Waals surface area contributed by atoms with Crippen molar-refractivity contribution in [2.24, 2.45) is 5.92 Å². The lowest BCUT2D eigenvalue weighted by molar-refractivity contribution is -0.133. The van der Waals surface area contributed by atoms with Crippen LogP contribution in [0.1, 0.15) is 0 Å². The molecule has 1 aliphatic heterocycles. The Morgan fingerprint density at radius 2 is 2.38 bits per heavy atom. The standard InChI is InChI=1S/C15H19N5O4/c21-8-12-7-19(4-5-23-9-12)15(22)10-24-14-3-1-2-13(6-14)20-11-16-17-18-20/h1-3,6,11-12,21H,4-5,7-10H2. The van der Waals surface area contributed by atoms with Gasteiger partial charge in [0.1, 0.15) is 12.1 Å². The minimum Gasteiger partial charge on any atom is -0.484 e. The Bertz CT molecular complexity index is 664. The first kappa shape index (κ1) is 16.3. The zero-order valence-corrected chi connectivity index (χ0v) is 13.1. The van der Waals surface area contributed by atoms with Crippen molar-refractivity contribution in [3.05, 3.63) is 30.6 Å². The van der Waals surface area contributed by atoms with Gasteiger partial charge in [-0.15, -0.1) is 5.10 Å². The minimum atomic E-state index is -0.133. The number of ether oxygens (including phenoxy) is 2. The number of nitrogens with zero attached hydrogens (tertiary/aromatic N) is 5. The van der Waals surface area contributed by atoms with E-state index in [1.807, 2.05) is 6.07 Å². The highest BCUT2D eigenvalue weighted by molar-refractivity contribution is 5.77. The number of aliphatic hydroxyl groups excluding tert-OH is 1. The predicted molar refractivity (Wildman–Crippen MR) is 82.6 cm³/mol. The van der Waals surface area contributed by atoms with E-state index in [-0.39, 0.29) is 25.0 Å². The van der Waals surface area contributed by atoms with Crippen molar-refractivity contribution < 1.29 is 19.4 Å². The van der Waals surface area contributed by atoms with Crippen molar-refractivity contribution in [3.63, 3.8) is 0 Å². The van der Waals surface area contributed by atoms with Crippen LogP contribution < -0.4 is 4.74 Å². The molecule has 1 unspecified atom stereocenters. The molecule has 1 saturated heterocycles. The summed E-state index contributed by atoms with van der Waals surface area (Å²) in [7, 11) is 0. The summed E-state index contributed by atoms with van der Waals surface area (Å²) >= 11 is 0. The van der Waals surface area contributed by atoms with Crippen LogP contribution in [0.25, 0.3) is 5.69 Å². The molecule has 3 rings (SSSR count). The molecule has 2 heterocycles.